The molecule has 0 spiro atoms. The van der Waals surface area contributed by atoms with Crippen LogP contribution in [0.2, 0.25) is 0 Å². The van der Waals surface area contributed by atoms with Gasteiger partial charge in [0.2, 0.25) is 10.0 Å². The molecule has 2 N–H and O–H groups in total. The van der Waals surface area contributed by atoms with Gasteiger partial charge < -0.3 is 5.32 Å². The number of thiazole rings is 1. The molecular formula is C13H17N3O2S2. The van der Waals surface area contributed by atoms with Gasteiger partial charge in [-0.15, -0.1) is 11.3 Å². The fourth-order valence-electron chi connectivity index (χ4n) is 1.72. The second kappa shape index (κ2) is 6.34. The van der Waals surface area contributed by atoms with Crippen LogP contribution in [0.1, 0.15) is 16.8 Å². The number of anilines is 1. The third-order valence-corrected chi connectivity index (χ3v) is 5.44. The molecule has 7 heteroatoms. The molecule has 2 aromatic rings. The van der Waals surface area contributed by atoms with Crippen LogP contribution < -0.4 is 10.0 Å². The summed E-state index contributed by atoms with van der Waals surface area (Å²) < 4.78 is 26.2. The second-order valence-electron chi connectivity index (χ2n) is 4.13. The van der Waals surface area contributed by atoms with Gasteiger partial charge in [0.1, 0.15) is 9.90 Å². The molecule has 0 aliphatic heterocycles. The quantitative estimate of drug-likeness (QED) is 0.858. The summed E-state index contributed by atoms with van der Waals surface area (Å²) in [6.07, 6.45) is 2.82. The standard InChI is InChI=1S/C13H17N3O2S2/c1-3-10-8-16-13(19-10)9-15-11-6-4-5-7-12(11)20(17,18)14-2/h4-8,14-15H,3,9H2,1-2H3. The molecule has 1 aromatic carbocycles. The lowest BCUT2D eigenvalue weighted by atomic mass is 10.3. The third-order valence-electron chi connectivity index (χ3n) is 2.83. The molecule has 1 heterocycles. The van der Waals surface area contributed by atoms with Crippen LogP contribution >= 0.6 is 11.3 Å². The smallest absolute Gasteiger partial charge is 0.242 e. The van der Waals surface area contributed by atoms with E-state index in [0.717, 1.165) is 11.4 Å². The average Bonchev–Trinajstić information content (AvgIpc) is 2.93. The zero-order valence-corrected chi connectivity index (χ0v) is 13.0. The molecule has 0 aliphatic rings. The molecule has 0 saturated carbocycles. The molecule has 108 valence electrons. The first-order valence-corrected chi connectivity index (χ1v) is 8.57. The van der Waals surface area contributed by atoms with Crippen molar-refractivity contribution in [2.45, 2.75) is 24.8 Å². The molecule has 1 aromatic heterocycles. The predicted molar refractivity (Wildman–Crippen MR) is 81.5 cm³/mol. The Morgan fingerprint density at radius 3 is 2.70 bits per heavy atom. The normalized spacial score (nSPS) is 11.5. The van der Waals surface area contributed by atoms with Crippen LogP contribution in [0.3, 0.4) is 0 Å². The lowest BCUT2D eigenvalue weighted by Gasteiger charge is -2.10. The van der Waals surface area contributed by atoms with Crippen molar-refractivity contribution in [3.05, 3.63) is 40.3 Å². The van der Waals surface area contributed by atoms with Crippen molar-refractivity contribution in [2.75, 3.05) is 12.4 Å². The Morgan fingerprint density at radius 2 is 2.05 bits per heavy atom. The highest BCUT2D eigenvalue weighted by atomic mass is 32.2. The van der Waals surface area contributed by atoms with Crippen LogP contribution in [0, 0.1) is 0 Å². The molecule has 0 radical (unpaired) electrons. The summed E-state index contributed by atoms with van der Waals surface area (Å²) in [4.78, 5) is 5.77. The average molecular weight is 311 g/mol. The molecule has 0 fully saturated rings. The Balaban J connectivity index is 2.18. The molecule has 0 bridgehead atoms. The molecule has 0 atom stereocenters. The second-order valence-corrected chi connectivity index (χ2v) is 7.19. The summed E-state index contributed by atoms with van der Waals surface area (Å²) in [6, 6.07) is 6.83. The molecule has 5 nitrogen and oxygen atoms in total. The summed E-state index contributed by atoms with van der Waals surface area (Å²) in [5.74, 6) is 0. The highest BCUT2D eigenvalue weighted by Gasteiger charge is 2.15. The number of nitrogens with one attached hydrogen (secondary N) is 2. The number of rotatable bonds is 6. The largest absolute Gasteiger partial charge is 0.377 e. The fourth-order valence-corrected chi connectivity index (χ4v) is 3.43. The van der Waals surface area contributed by atoms with Crippen LogP contribution in [0.4, 0.5) is 5.69 Å². The Labute approximate surface area is 123 Å². The van der Waals surface area contributed by atoms with Crippen LogP contribution in [-0.4, -0.2) is 20.4 Å². The first kappa shape index (κ1) is 15.0. The van der Waals surface area contributed by atoms with Crippen LogP contribution in [0.15, 0.2) is 35.4 Å². The number of benzene rings is 1. The Hall–Kier alpha value is -1.44. The van der Waals surface area contributed by atoms with E-state index in [9.17, 15) is 8.42 Å². The van der Waals surface area contributed by atoms with Crippen LogP contribution in [0.25, 0.3) is 0 Å². The molecule has 2 rings (SSSR count). The Bertz CT molecular complexity index is 680. The van der Waals surface area contributed by atoms with Gasteiger partial charge in [-0.2, -0.15) is 0 Å². The number of aromatic nitrogens is 1. The summed E-state index contributed by atoms with van der Waals surface area (Å²) in [7, 11) is -2.06. The highest BCUT2D eigenvalue weighted by molar-refractivity contribution is 7.89. The lowest BCUT2D eigenvalue weighted by molar-refractivity contribution is 0.588. The van der Waals surface area contributed by atoms with Crippen molar-refractivity contribution in [3.8, 4) is 0 Å². The van der Waals surface area contributed by atoms with Crippen molar-refractivity contribution >= 4 is 27.0 Å². The zero-order chi connectivity index (χ0) is 14.6. The van der Waals surface area contributed by atoms with Crippen molar-refractivity contribution in [3.63, 3.8) is 0 Å². The van der Waals surface area contributed by atoms with Gasteiger partial charge in [0.25, 0.3) is 0 Å². The van der Waals surface area contributed by atoms with Crippen molar-refractivity contribution < 1.29 is 8.42 Å². The van der Waals surface area contributed by atoms with E-state index in [-0.39, 0.29) is 4.90 Å². The number of aryl methyl sites for hydroxylation is 1. The van der Waals surface area contributed by atoms with Gasteiger partial charge >= 0.3 is 0 Å². The molecule has 0 aliphatic carbocycles. The van der Waals surface area contributed by atoms with Gasteiger partial charge in [0.05, 0.1) is 12.2 Å². The maximum Gasteiger partial charge on any atom is 0.242 e. The minimum atomic E-state index is -3.46. The minimum absolute atomic E-state index is 0.245. The molecule has 20 heavy (non-hydrogen) atoms. The first-order valence-electron chi connectivity index (χ1n) is 6.27. The number of nitrogens with zero attached hydrogens (tertiary/aromatic N) is 1. The molecular weight excluding hydrogens is 294 g/mol. The summed E-state index contributed by atoms with van der Waals surface area (Å²) in [5, 5.41) is 4.08. The van der Waals surface area contributed by atoms with E-state index in [1.54, 1.807) is 35.6 Å². The molecule has 0 unspecified atom stereocenters. The van der Waals surface area contributed by atoms with E-state index < -0.39 is 10.0 Å². The highest BCUT2D eigenvalue weighted by Crippen LogP contribution is 2.22. The van der Waals surface area contributed by atoms with Crippen molar-refractivity contribution in [1.29, 1.82) is 0 Å². The van der Waals surface area contributed by atoms with Gasteiger partial charge in [0.15, 0.2) is 0 Å². The van der Waals surface area contributed by atoms with E-state index in [2.05, 4.69) is 21.9 Å². The summed E-state index contributed by atoms with van der Waals surface area (Å²) in [5.41, 5.74) is 0.579. The number of hydrogen-bond acceptors (Lipinski definition) is 5. The van der Waals surface area contributed by atoms with Gasteiger partial charge in [-0.25, -0.2) is 18.1 Å². The number of para-hydroxylation sites is 1. The van der Waals surface area contributed by atoms with E-state index in [1.165, 1.54) is 11.9 Å². The predicted octanol–water partition coefficient (Wildman–Crippen LogP) is 2.23. The maximum atomic E-state index is 11.9. The summed E-state index contributed by atoms with van der Waals surface area (Å²) >= 11 is 1.63. The van der Waals surface area contributed by atoms with Crippen molar-refractivity contribution in [1.82, 2.24) is 9.71 Å². The van der Waals surface area contributed by atoms with Crippen LogP contribution in [-0.2, 0) is 23.0 Å². The SMILES string of the molecule is CCc1cnc(CNc2ccccc2S(=O)(=O)NC)s1. The van der Waals surface area contributed by atoms with Gasteiger partial charge in [-0.3, -0.25) is 0 Å². The summed E-state index contributed by atoms with van der Waals surface area (Å²) in [6.45, 7) is 2.60. The van der Waals surface area contributed by atoms with Crippen molar-refractivity contribution in [2.24, 2.45) is 0 Å². The fraction of sp³-hybridized carbons (Fsp3) is 0.308. The Kier molecular flexibility index (Phi) is 4.74. The third kappa shape index (κ3) is 3.36. The first-order chi connectivity index (χ1) is 9.56. The topological polar surface area (TPSA) is 71.1 Å². The zero-order valence-electron chi connectivity index (χ0n) is 11.4. The van der Waals surface area contributed by atoms with E-state index in [0.29, 0.717) is 12.2 Å². The van der Waals surface area contributed by atoms with E-state index in [1.807, 2.05) is 6.20 Å². The number of sulfonamides is 1. The van der Waals surface area contributed by atoms with Gasteiger partial charge in [-0.1, -0.05) is 19.1 Å². The minimum Gasteiger partial charge on any atom is -0.377 e. The van der Waals surface area contributed by atoms with Crippen LogP contribution in [0.5, 0.6) is 0 Å². The monoisotopic (exact) mass is 311 g/mol. The van der Waals surface area contributed by atoms with E-state index >= 15 is 0 Å². The van der Waals surface area contributed by atoms with Gasteiger partial charge in [0, 0.05) is 11.1 Å². The maximum absolute atomic E-state index is 11.9. The lowest BCUT2D eigenvalue weighted by Crippen LogP contribution is -2.20. The Morgan fingerprint density at radius 1 is 1.30 bits per heavy atom. The van der Waals surface area contributed by atoms with E-state index in [4.69, 9.17) is 0 Å². The van der Waals surface area contributed by atoms with Gasteiger partial charge in [-0.05, 0) is 25.6 Å². The molecule has 0 amide bonds. The molecule has 0 saturated heterocycles. The number of hydrogen-bond donors (Lipinski definition) is 2.